The quantitative estimate of drug-likeness (QED) is 0.635. The Balaban J connectivity index is 1.89. The van der Waals surface area contributed by atoms with Crippen LogP contribution < -0.4 is 0 Å². The highest BCUT2D eigenvalue weighted by Crippen LogP contribution is 2.30. The van der Waals surface area contributed by atoms with Crippen LogP contribution in [0, 0.1) is 0 Å². The van der Waals surface area contributed by atoms with E-state index in [4.69, 9.17) is 28.2 Å². The van der Waals surface area contributed by atoms with Gasteiger partial charge >= 0.3 is 0 Å². The fourth-order valence-electron chi connectivity index (χ4n) is 3.32. The van der Waals surface area contributed by atoms with E-state index in [9.17, 15) is 0 Å². The first-order valence-electron chi connectivity index (χ1n) is 9.15. The van der Waals surface area contributed by atoms with Gasteiger partial charge in [-0.05, 0) is 45.3 Å². The lowest BCUT2D eigenvalue weighted by molar-refractivity contribution is 0.307. The van der Waals surface area contributed by atoms with Crippen LogP contribution in [-0.2, 0) is 13.0 Å². The summed E-state index contributed by atoms with van der Waals surface area (Å²) in [5.41, 5.74) is 3.61. The average Bonchev–Trinajstić information content (AvgIpc) is 2.98. The van der Waals surface area contributed by atoms with Gasteiger partial charge in [0.05, 0.1) is 11.4 Å². The summed E-state index contributed by atoms with van der Waals surface area (Å²) < 4.78 is 2.11. The molecule has 1 aliphatic heterocycles. The number of benzene rings is 2. The number of hydrogen-bond acceptors (Lipinski definition) is 4. The number of nitrogens with zero attached hydrogens (tertiary/aromatic N) is 5. The molecule has 1 atom stereocenters. The molecular weight excluding hydrogens is 393 g/mol. The molecular formula is C21H21Cl2N5. The van der Waals surface area contributed by atoms with Gasteiger partial charge in [0.1, 0.15) is 12.4 Å². The van der Waals surface area contributed by atoms with Gasteiger partial charge in [-0.3, -0.25) is 9.56 Å². The molecule has 2 heterocycles. The summed E-state index contributed by atoms with van der Waals surface area (Å²) in [6.07, 6.45) is 0.781. The third-order valence-electron chi connectivity index (χ3n) is 5.12. The summed E-state index contributed by atoms with van der Waals surface area (Å²) in [6.45, 7) is 2.60. The molecule has 0 bridgehead atoms. The fraction of sp³-hybridized carbons (Fsp3) is 0.286. The highest BCUT2D eigenvalue weighted by atomic mass is 35.5. The number of fused-ring (bicyclic) bond motifs is 3. The Morgan fingerprint density at radius 2 is 1.86 bits per heavy atom. The molecule has 7 heteroatoms. The Morgan fingerprint density at radius 3 is 2.61 bits per heavy atom. The highest BCUT2D eigenvalue weighted by molar-refractivity contribution is 6.36. The van der Waals surface area contributed by atoms with E-state index in [1.807, 2.05) is 42.5 Å². The van der Waals surface area contributed by atoms with Gasteiger partial charge in [0.15, 0.2) is 5.82 Å². The Morgan fingerprint density at radius 1 is 1.07 bits per heavy atom. The molecule has 5 nitrogen and oxygen atoms in total. The minimum absolute atomic E-state index is 0.330. The predicted octanol–water partition coefficient (Wildman–Crippen LogP) is 4.42. The molecule has 144 valence electrons. The lowest BCUT2D eigenvalue weighted by Gasteiger charge is -2.20. The summed E-state index contributed by atoms with van der Waals surface area (Å²) in [4.78, 5) is 7.02. The summed E-state index contributed by atoms with van der Waals surface area (Å²) in [5, 5.41) is 10.2. The van der Waals surface area contributed by atoms with Crippen LogP contribution in [0.25, 0.3) is 5.69 Å². The van der Waals surface area contributed by atoms with E-state index in [0.717, 1.165) is 40.6 Å². The molecule has 1 aliphatic rings. The fourth-order valence-corrected chi connectivity index (χ4v) is 3.72. The number of aliphatic imine (C=N–C) groups is 1. The maximum absolute atomic E-state index is 6.48. The van der Waals surface area contributed by atoms with Crippen LogP contribution in [0.4, 0.5) is 0 Å². The Hall–Kier alpha value is -2.21. The van der Waals surface area contributed by atoms with E-state index in [-0.39, 0.29) is 0 Å². The van der Waals surface area contributed by atoms with Gasteiger partial charge in [-0.1, -0.05) is 41.4 Å². The largest absolute Gasteiger partial charge is 0.306 e. The minimum atomic E-state index is 0.330. The molecule has 0 amide bonds. The number of rotatable bonds is 4. The number of halogens is 2. The zero-order valence-electron chi connectivity index (χ0n) is 16.0. The van der Waals surface area contributed by atoms with Crippen molar-refractivity contribution in [3.63, 3.8) is 0 Å². The van der Waals surface area contributed by atoms with Crippen molar-refractivity contribution in [1.29, 1.82) is 0 Å². The Labute approximate surface area is 174 Å². The standard InChI is InChI=1S/C21H21Cl2N5/c1-13(27(2)3)10-19-25-26-20-12-24-21(15-6-4-5-7-17(15)23)16-11-14(22)8-9-18(16)28(19)20/h4-9,11,13H,10,12H2,1-3H3. The zero-order chi connectivity index (χ0) is 19.8. The van der Waals surface area contributed by atoms with Gasteiger partial charge in [-0.25, -0.2) is 0 Å². The number of hydrogen-bond donors (Lipinski definition) is 0. The molecule has 0 aliphatic carbocycles. The van der Waals surface area contributed by atoms with Crippen molar-refractivity contribution < 1.29 is 0 Å². The van der Waals surface area contributed by atoms with Crippen LogP contribution in [0.2, 0.25) is 10.0 Å². The topological polar surface area (TPSA) is 46.3 Å². The summed E-state index contributed by atoms with van der Waals surface area (Å²) in [7, 11) is 4.13. The van der Waals surface area contributed by atoms with Crippen molar-refractivity contribution in [1.82, 2.24) is 19.7 Å². The third-order valence-corrected chi connectivity index (χ3v) is 5.68. The first-order valence-corrected chi connectivity index (χ1v) is 9.90. The molecule has 2 aromatic carbocycles. The van der Waals surface area contributed by atoms with Gasteiger partial charge in [0.25, 0.3) is 0 Å². The third kappa shape index (κ3) is 3.46. The first-order chi connectivity index (χ1) is 13.5. The summed E-state index contributed by atoms with van der Waals surface area (Å²) in [6, 6.07) is 13.9. The Kier molecular flexibility index (Phi) is 5.23. The van der Waals surface area contributed by atoms with Gasteiger partial charge in [0, 0.05) is 33.6 Å². The molecule has 28 heavy (non-hydrogen) atoms. The SMILES string of the molecule is CC(Cc1nnc2n1-c1ccc(Cl)cc1C(c1ccccc1Cl)=NC2)N(C)C. The second kappa shape index (κ2) is 7.66. The van der Waals surface area contributed by atoms with E-state index in [1.165, 1.54) is 0 Å². The van der Waals surface area contributed by atoms with Gasteiger partial charge in [0.2, 0.25) is 0 Å². The monoisotopic (exact) mass is 413 g/mol. The van der Waals surface area contributed by atoms with E-state index >= 15 is 0 Å². The van der Waals surface area contributed by atoms with Crippen molar-refractivity contribution in [2.75, 3.05) is 14.1 Å². The number of likely N-dealkylation sites (N-methyl/N-ethyl adjacent to an activating group) is 1. The first kappa shape index (κ1) is 19.1. The van der Waals surface area contributed by atoms with Crippen LogP contribution >= 0.6 is 23.2 Å². The maximum Gasteiger partial charge on any atom is 0.159 e. The van der Waals surface area contributed by atoms with Crippen molar-refractivity contribution in [2.24, 2.45) is 4.99 Å². The second-order valence-corrected chi connectivity index (χ2v) is 8.03. The van der Waals surface area contributed by atoms with Crippen LogP contribution in [0.15, 0.2) is 47.5 Å². The zero-order valence-corrected chi connectivity index (χ0v) is 17.5. The highest BCUT2D eigenvalue weighted by Gasteiger charge is 2.25. The van der Waals surface area contributed by atoms with Crippen LogP contribution in [0.1, 0.15) is 29.7 Å². The Bertz CT molecular complexity index is 1050. The molecule has 0 saturated carbocycles. The molecule has 0 N–H and O–H groups in total. The predicted molar refractivity (Wildman–Crippen MR) is 114 cm³/mol. The van der Waals surface area contributed by atoms with Crippen molar-refractivity contribution in [3.8, 4) is 5.69 Å². The van der Waals surface area contributed by atoms with Crippen molar-refractivity contribution in [2.45, 2.75) is 25.9 Å². The van der Waals surface area contributed by atoms with E-state index in [1.54, 1.807) is 0 Å². The van der Waals surface area contributed by atoms with Gasteiger partial charge in [-0.15, -0.1) is 10.2 Å². The van der Waals surface area contributed by atoms with Gasteiger partial charge in [-0.2, -0.15) is 0 Å². The molecule has 3 aromatic rings. The van der Waals surface area contributed by atoms with Crippen LogP contribution in [0.5, 0.6) is 0 Å². The molecule has 0 radical (unpaired) electrons. The average molecular weight is 414 g/mol. The van der Waals surface area contributed by atoms with E-state index in [2.05, 4.69) is 40.7 Å². The lowest BCUT2D eigenvalue weighted by Crippen LogP contribution is -2.28. The molecule has 0 spiro atoms. The second-order valence-electron chi connectivity index (χ2n) is 7.19. The van der Waals surface area contributed by atoms with E-state index < -0.39 is 0 Å². The molecule has 0 saturated heterocycles. The van der Waals surface area contributed by atoms with Crippen molar-refractivity contribution in [3.05, 3.63) is 75.3 Å². The number of aromatic nitrogens is 3. The van der Waals surface area contributed by atoms with Gasteiger partial charge < -0.3 is 4.90 Å². The molecule has 4 rings (SSSR count). The van der Waals surface area contributed by atoms with Crippen molar-refractivity contribution >= 4 is 28.9 Å². The molecule has 1 aromatic heterocycles. The van der Waals surface area contributed by atoms with E-state index in [0.29, 0.717) is 22.6 Å². The summed E-state index contributed by atoms with van der Waals surface area (Å²) >= 11 is 12.8. The maximum atomic E-state index is 6.48. The van der Waals surface area contributed by atoms with Crippen LogP contribution in [-0.4, -0.2) is 45.5 Å². The normalized spacial score (nSPS) is 14.3. The van der Waals surface area contributed by atoms with Crippen LogP contribution in [0.3, 0.4) is 0 Å². The summed E-state index contributed by atoms with van der Waals surface area (Å²) in [5.74, 6) is 1.72. The lowest BCUT2D eigenvalue weighted by atomic mass is 10.00. The smallest absolute Gasteiger partial charge is 0.159 e. The molecule has 1 unspecified atom stereocenters. The molecule has 0 fully saturated rings. The minimum Gasteiger partial charge on any atom is -0.306 e.